The second-order valence-electron chi connectivity index (χ2n) is 6.93. The predicted molar refractivity (Wildman–Crippen MR) is 114 cm³/mol. The van der Waals surface area contributed by atoms with E-state index in [1.807, 2.05) is 66.9 Å². The summed E-state index contributed by atoms with van der Waals surface area (Å²) in [5, 5.41) is 7.27. The van der Waals surface area contributed by atoms with Crippen molar-refractivity contribution in [3.63, 3.8) is 0 Å². The summed E-state index contributed by atoms with van der Waals surface area (Å²) >= 11 is 0. The number of hydrogen-bond donors (Lipinski definition) is 1. The Morgan fingerprint density at radius 1 is 1.03 bits per heavy atom. The van der Waals surface area contributed by atoms with Crippen LogP contribution in [0.1, 0.15) is 23.0 Å². The van der Waals surface area contributed by atoms with Crippen LogP contribution in [-0.4, -0.2) is 27.7 Å². The van der Waals surface area contributed by atoms with E-state index in [1.54, 1.807) is 17.7 Å². The maximum absolute atomic E-state index is 12.5. The first-order chi connectivity index (χ1) is 15.1. The maximum Gasteiger partial charge on any atom is 0.328 e. The number of esters is 1. The summed E-state index contributed by atoms with van der Waals surface area (Å²) in [5.41, 5.74) is 3.30. The van der Waals surface area contributed by atoms with Crippen LogP contribution in [-0.2, 0) is 16.1 Å². The maximum atomic E-state index is 12.5. The van der Waals surface area contributed by atoms with Crippen molar-refractivity contribution >= 4 is 11.9 Å². The number of carbonyl (C=O) groups is 2. The molecule has 2 heterocycles. The third kappa shape index (κ3) is 4.72. The van der Waals surface area contributed by atoms with Crippen molar-refractivity contribution in [1.82, 2.24) is 15.1 Å². The van der Waals surface area contributed by atoms with Gasteiger partial charge in [-0.15, -0.1) is 0 Å². The SMILES string of the molecule is C[C@@H](NC(=O)c1ccco1)C(=O)OCc1cn(-c2ccccc2)nc1-c1ccccc1. The molecule has 7 nitrogen and oxygen atoms in total. The first-order valence-corrected chi connectivity index (χ1v) is 9.82. The van der Waals surface area contributed by atoms with Crippen molar-refractivity contribution in [1.29, 1.82) is 0 Å². The van der Waals surface area contributed by atoms with Crippen molar-refractivity contribution in [3.8, 4) is 16.9 Å². The fraction of sp³-hybridized carbons (Fsp3) is 0.125. The number of amides is 1. The Morgan fingerprint density at radius 2 is 1.74 bits per heavy atom. The van der Waals surface area contributed by atoms with Crippen LogP contribution in [0.5, 0.6) is 0 Å². The largest absolute Gasteiger partial charge is 0.459 e. The van der Waals surface area contributed by atoms with Crippen molar-refractivity contribution < 1.29 is 18.7 Å². The highest BCUT2D eigenvalue weighted by Crippen LogP contribution is 2.24. The smallest absolute Gasteiger partial charge is 0.328 e. The molecule has 1 N–H and O–H groups in total. The zero-order valence-corrected chi connectivity index (χ0v) is 16.9. The average Bonchev–Trinajstić information content (AvgIpc) is 3.49. The molecule has 0 aliphatic rings. The summed E-state index contributed by atoms with van der Waals surface area (Å²) in [6.45, 7) is 1.59. The monoisotopic (exact) mass is 415 g/mol. The predicted octanol–water partition coefficient (Wildman–Crippen LogP) is 3.99. The number of hydrogen-bond acceptors (Lipinski definition) is 5. The zero-order valence-electron chi connectivity index (χ0n) is 16.9. The van der Waals surface area contributed by atoms with Gasteiger partial charge in [-0.1, -0.05) is 48.5 Å². The summed E-state index contributed by atoms with van der Waals surface area (Å²) in [7, 11) is 0. The van der Waals surface area contributed by atoms with Crippen LogP contribution in [0.15, 0.2) is 89.7 Å². The standard InChI is InChI=1S/C24H21N3O4/c1-17(25-23(28)21-13-8-14-30-21)24(29)31-16-19-15-27(20-11-6-3-7-12-20)26-22(19)18-9-4-2-5-10-18/h2-15,17H,16H2,1H3,(H,25,28)/t17-/m1/s1. The van der Waals surface area contributed by atoms with Gasteiger partial charge >= 0.3 is 5.97 Å². The molecule has 31 heavy (non-hydrogen) atoms. The molecule has 0 saturated carbocycles. The van der Waals surface area contributed by atoms with Gasteiger partial charge in [0.25, 0.3) is 5.91 Å². The van der Waals surface area contributed by atoms with Gasteiger partial charge in [0.15, 0.2) is 5.76 Å². The Labute approximate surface area is 179 Å². The second-order valence-corrected chi connectivity index (χ2v) is 6.93. The molecule has 0 aliphatic carbocycles. The van der Waals surface area contributed by atoms with E-state index >= 15 is 0 Å². The zero-order chi connectivity index (χ0) is 21.6. The van der Waals surface area contributed by atoms with Gasteiger partial charge in [-0.25, -0.2) is 9.48 Å². The third-order valence-electron chi connectivity index (χ3n) is 4.67. The first kappa shape index (κ1) is 20.2. The third-order valence-corrected chi connectivity index (χ3v) is 4.67. The number of rotatable bonds is 7. The minimum Gasteiger partial charge on any atom is -0.459 e. The van der Waals surface area contributed by atoms with Gasteiger partial charge in [-0.2, -0.15) is 5.10 Å². The molecule has 0 fully saturated rings. The molecule has 4 rings (SSSR count). The minimum absolute atomic E-state index is 0.0247. The Kier molecular flexibility index (Phi) is 5.93. The number of benzene rings is 2. The Bertz CT molecular complexity index is 1150. The van der Waals surface area contributed by atoms with Crippen molar-refractivity contribution in [2.24, 2.45) is 0 Å². The van der Waals surface area contributed by atoms with Crippen molar-refractivity contribution in [3.05, 3.63) is 96.6 Å². The Morgan fingerprint density at radius 3 is 2.42 bits per heavy atom. The highest BCUT2D eigenvalue weighted by Gasteiger charge is 2.21. The lowest BCUT2D eigenvalue weighted by Crippen LogP contribution is -2.39. The van der Waals surface area contributed by atoms with Gasteiger partial charge < -0.3 is 14.5 Å². The normalized spacial score (nSPS) is 11.6. The molecule has 2 aromatic carbocycles. The van der Waals surface area contributed by atoms with Gasteiger partial charge in [0.05, 0.1) is 17.6 Å². The van der Waals surface area contributed by atoms with Gasteiger partial charge in [-0.05, 0) is 31.2 Å². The van der Waals surface area contributed by atoms with Gasteiger partial charge in [0.2, 0.25) is 0 Å². The number of aromatic nitrogens is 2. The van der Waals surface area contributed by atoms with E-state index in [0.29, 0.717) is 0 Å². The highest BCUT2D eigenvalue weighted by molar-refractivity contribution is 5.94. The van der Waals surface area contributed by atoms with Crippen molar-refractivity contribution in [2.75, 3.05) is 0 Å². The number of ether oxygens (including phenoxy) is 1. The van der Waals surface area contributed by atoms with E-state index in [-0.39, 0.29) is 12.4 Å². The quantitative estimate of drug-likeness (QED) is 0.461. The van der Waals surface area contributed by atoms with Crippen molar-refractivity contribution in [2.45, 2.75) is 19.6 Å². The molecule has 2 aromatic heterocycles. The van der Waals surface area contributed by atoms with Crippen LogP contribution in [0.3, 0.4) is 0 Å². The topological polar surface area (TPSA) is 86.4 Å². The number of carbonyl (C=O) groups excluding carboxylic acids is 2. The first-order valence-electron chi connectivity index (χ1n) is 9.82. The molecule has 0 aliphatic heterocycles. The molecule has 7 heteroatoms. The highest BCUT2D eigenvalue weighted by atomic mass is 16.5. The average molecular weight is 415 g/mol. The van der Waals surface area contributed by atoms with Gasteiger partial charge in [0, 0.05) is 17.3 Å². The fourth-order valence-corrected chi connectivity index (χ4v) is 3.08. The van der Waals surface area contributed by atoms with Crippen LogP contribution in [0.2, 0.25) is 0 Å². The Hall–Kier alpha value is -4.13. The fourth-order valence-electron chi connectivity index (χ4n) is 3.08. The van der Waals surface area contributed by atoms with Gasteiger partial charge in [-0.3, -0.25) is 4.79 Å². The molecular formula is C24H21N3O4. The molecule has 0 spiro atoms. The van der Waals surface area contributed by atoms with E-state index in [9.17, 15) is 9.59 Å². The van der Waals surface area contributed by atoms with Crippen LogP contribution in [0, 0.1) is 0 Å². The number of nitrogens with zero attached hydrogens (tertiary/aromatic N) is 2. The molecule has 1 atom stereocenters. The number of furan rings is 1. The molecular weight excluding hydrogens is 394 g/mol. The van der Waals surface area contributed by atoms with Crippen LogP contribution < -0.4 is 5.32 Å². The molecule has 4 aromatic rings. The van der Waals surface area contributed by atoms with E-state index in [4.69, 9.17) is 14.3 Å². The lowest BCUT2D eigenvalue weighted by atomic mass is 10.1. The summed E-state index contributed by atoms with van der Waals surface area (Å²) < 4.78 is 12.3. The summed E-state index contributed by atoms with van der Waals surface area (Å²) in [6.07, 6.45) is 3.24. The molecule has 156 valence electrons. The van der Waals surface area contributed by atoms with Crippen LogP contribution >= 0.6 is 0 Å². The minimum atomic E-state index is -0.832. The Balaban J connectivity index is 1.50. The lowest BCUT2D eigenvalue weighted by molar-refractivity contribution is -0.146. The summed E-state index contributed by atoms with van der Waals surface area (Å²) in [5.74, 6) is -0.891. The van der Waals surface area contributed by atoms with Crippen LogP contribution in [0.25, 0.3) is 16.9 Å². The number of nitrogens with one attached hydrogen (secondary N) is 1. The summed E-state index contributed by atoms with van der Waals surface area (Å²) in [6, 6.07) is 21.7. The second kappa shape index (κ2) is 9.13. The lowest BCUT2D eigenvalue weighted by Gasteiger charge is -2.12. The molecule has 0 bridgehead atoms. The van der Waals surface area contributed by atoms with E-state index in [1.165, 1.54) is 12.3 Å². The van der Waals surface area contributed by atoms with Gasteiger partial charge in [0.1, 0.15) is 12.6 Å². The van der Waals surface area contributed by atoms with E-state index < -0.39 is 17.9 Å². The molecule has 0 radical (unpaired) electrons. The van der Waals surface area contributed by atoms with Crippen LogP contribution in [0.4, 0.5) is 0 Å². The van der Waals surface area contributed by atoms with E-state index in [2.05, 4.69) is 5.32 Å². The molecule has 0 unspecified atom stereocenters. The molecule has 1 amide bonds. The van der Waals surface area contributed by atoms with E-state index in [0.717, 1.165) is 22.5 Å². The summed E-state index contributed by atoms with van der Waals surface area (Å²) in [4.78, 5) is 24.5. The number of para-hydroxylation sites is 1. The molecule has 0 saturated heterocycles.